The second-order valence-electron chi connectivity index (χ2n) is 5.30. The molecule has 3 aromatic rings. The van der Waals surface area contributed by atoms with Crippen LogP contribution >= 0.6 is 39.0 Å². The molecule has 1 amide bonds. The van der Waals surface area contributed by atoms with E-state index in [1.54, 1.807) is 4.57 Å². The van der Waals surface area contributed by atoms with E-state index in [9.17, 15) is 9.59 Å². The van der Waals surface area contributed by atoms with Gasteiger partial charge in [-0.05, 0) is 45.9 Å². The first kappa shape index (κ1) is 18.2. The third-order valence-corrected chi connectivity index (χ3v) is 6.02. The number of hydrogen-bond donors (Lipinski definition) is 1. The standard InChI is InChI=1S/C17H16BrN3O2S2/c1-2-8-21-16(23)15-13(7-9-24-15)20-17(21)25-10-14(22)19-12-6-4-3-5-11(12)18/h3-7,9H,2,8,10H2,1H3,(H,19,22). The minimum Gasteiger partial charge on any atom is -0.324 e. The van der Waals surface area contributed by atoms with Gasteiger partial charge in [-0.1, -0.05) is 30.8 Å². The summed E-state index contributed by atoms with van der Waals surface area (Å²) in [6, 6.07) is 9.28. The average molecular weight is 438 g/mol. The van der Waals surface area contributed by atoms with Crippen molar-refractivity contribution in [3.05, 3.63) is 50.5 Å². The maximum Gasteiger partial charge on any atom is 0.272 e. The number of carbonyl (C=O) groups excluding carboxylic acids is 1. The van der Waals surface area contributed by atoms with Gasteiger partial charge in [0.15, 0.2) is 5.16 Å². The normalized spacial score (nSPS) is 11.0. The molecular weight excluding hydrogens is 422 g/mol. The third-order valence-electron chi connectivity index (χ3n) is 3.46. The van der Waals surface area contributed by atoms with Crippen molar-refractivity contribution >= 4 is 60.8 Å². The van der Waals surface area contributed by atoms with Crippen LogP contribution in [0.15, 0.2) is 50.1 Å². The van der Waals surface area contributed by atoms with E-state index in [0.717, 1.165) is 16.6 Å². The molecule has 2 aromatic heterocycles. The van der Waals surface area contributed by atoms with E-state index in [4.69, 9.17) is 0 Å². The molecular formula is C17H16BrN3O2S2. The van der Waals surface area contributed by atoms with E-state index in [-0.39, 0.29) is 17.2 Å². The van der Waals surface area contributed by atoms with Gasteiger partial charge in [0.1, 0.15) is 4.70 Å². The van der Waals surface area contributed by atoms with E-state index in [2.05, 4.69) is 26.2 Å². The summed E-state index contributed by atoms with van der Waals surface area (Å²) in [7, 11) is 0. The fourth-order valence-corrected chi connectivity index (χ4v) is 4.32. The molecule has 3 rings (SSSR count). The molecule has 0 atom stereocenters. The van der Waals surface area contributed by atoms with Gasteiger partial charge in [-0.3, -0.25) is 14.2 Å². The van der Waals surface area contributed by atoms with Gasteiger partial charge in [0.2, 0.25) is 5.91 Å². The fourth-order valence-electron chi connectivity index (χ4n) is 2.33. The van der Waals surface area contributed by atoms with Crippen LogP contribution in [-0.2, 0) is 11.3 Å². The summed E-state index contributed by atoms with van der Waals surface area (Å²) in [4.78, 5) is 29.4. The molecule has 0 saturated heterocycles. The van der Waals surface area contributed by atoms with Crippen LogP contribution < -0.4 is 10.9 Å². The average Bonchev–Trinajstić information content (AvgIpc) is 3.07. The zero-order valence-electron chi connectivity index (χ0n) is 13.5. The van der Waals surface area contributed by atoms with Gasteiger partial charge in [0.05, 0.1) is 17.0 Å². The Labute approximate surface area is 161 Å². The summed E-state index contributed by atoms with van der Waals surface area (Å²) in [5.74, 6) is 0.0484. The lowest BCUT2D eigenvalue weighted by Gasteiger charge is -2.11. The van der Waals surface area contributed by atoms with E-state index in [1.165, 1.54) is 23.1 Å². The summed E-state index contributed by atoms with van der Waals surface area (Å²) in [6.07, 6.45) is 0.829. The van der Waals surface area contributed by atoms with Gasteiger partial charge in [0.25, 0.3) is 5.56 Å². The molecule has 0 saturated carbocycles. The second kappa shape index (κ2) is 8.16. The predicted molar refractivity (Wildman–Crippen MR) is 108 cm³/mol. The number of hydrogen-bond acceptors (Lipinski definition) is 5. The van der Waals surface area contributed by atoms with Crippen molar-refractivity contribution in [2.45, 2.75) is 25.0 Å². The number of nitrogens with zero attached hydrogens (tertiary/aromatic N) is 2. The highest BCUT2D eigenvalue weighted by atomic mass is 79.9. The molecule has 0 spiro atoms. The molecule has 0 aliphatic heterocycles. The first-order valence-corrected chi connectivity index (χ1v) is 10.4. The number of fused-ring (bicyclic) bond motifs is 1. The maximum absolute atomic E-state index is 12.6. The van der Waals surface area contributed by atoms with Crippen LogP contribution in [0.5, 0.6) is 0 Å². The number of thiophene rings is 1. The summed E-state index contributed by atoms with van der Waals surface area (Å²) in [5.41, 5.74) is 1.38. The summed E-state index contributed by atoms with van der Waals surface area (Å²) >= 11 is 6.09. The number of thioether (sulfide) groups is 1. The van der Waals surface area contributed by atoms with Gasteiger partial charge >= 0.3 is 0 Å². The Morgan fingerprint density at radius 2 is 2.16 bits per heavy atom. The second-order valence-corrected chi connectivity index (χ2v) is 8.02. The first-order chi connectivity index (χ1) is 12.1. The highest BCUT2D eigenvalue weighted by Gasteiger charge is 2.14. The van der Waals surface area contributed by atoms with Crippen molar-refractivity contribution in [1.29, 1.82) is 0 Å². The van der Waals surface area contributed by atoms with E-state index >= 15 is 0 Å². The number of para-hydroxylation sites is 1. The maximum atomic E-state index is 12.6. The molecule has 0 bridgehead atoms. The number of aromatic nitrogens is 2. The topological polar surface area (TPSA) is 64.0 Å². The van der Waals surface area contributed by atoms with Crippen molar-refractivity contribution in [2.24, 2.45) is 0 Å². The van der Waals surface area contributed by atoms with Crippen molar-refractivity contribution in [3.63, 3.8) is 0 Å². The van der Waals surface area contributed by atoms with Crippen LogP contribution in [0.2, 0.25) is 0 Å². The van der Waals surface area contributed by atoms with Crippen molar-refractivity contribution in [2.75, 3.05) is 11.1 Å². The number of halogens is 1. The van der Waals surface area contributed by atoms with E-state index in [0.29, 0.717) is 21.9 Å². The van der Waals surface area contributed by atoms with Crippen LogP contribution in [0, 0.1) is 0 Å². The highest BCUT2D eigenvalue weighted by molar-refractivity contribution is 9.10. The Balaban J connectivity index is 1.78. The molecule has 0 aliphatic rings. The highest BCUT2D eigenvalue weighted by Crippen LogP contribution is 2.23. The number of carbonyl (C=O) groups is 1. The van der Waals surface area contributed by atoms with Crippen LogP contribution in [0.1, 0.15) is 13.3 Å². The summed E-state index contributed by atoms with van der Waals surface area (Å²) < 4.78 is 3.15. The number of benzene rings is 1. The third kappa shape index (κ3) is 4.13. The molecule has 1 N–H and O–H groups in total. The molecule has 1 aromatic carbocycles. The Morgan fingerprint density at radius 3 is 2.92 bits per heavy atom. The molecule has 0 unspecified atom stereocenters. The Kier molecular flexibility index (Phi) is 5.93. The SMILES string of the molecule is CCCn1c(SCC(=O)Nc2ccccc2Br)nc2ccsc2c1=O. The van der Waals surface area contributed by atoms with Crippen LogP contribution in [0.3, 0.4) is 0 Å². The van der Waals surface area contributed by atoms with Crippen molar-refractivity contribution in [1.82, 2.24) is 9.55 Å². The molecule has 0 fully saturated rings. The molecule has 8 heteroatoms. The molecule has 2 heterocycles. The zero-order valence-corrected chi connectivity index (χ0v) is 16.7. The van der Waals surface area contributed by atoms with Gasteiger partial charge in [-0.15, -0.1) is 11.3 Å². The molecule has 0 aliphatic carbocycles. The van der Waals surface area contributed by atoms with Crippen LogP contribution in [-0.4, -0.2) is 21.2 Å². The lowest BCUT2D eigenvalue weighted by atomic mass is 10.3. The van der Waals surface area contributed by atoms with Crippen molar-refractivity contribution in [3.8, 4) is 0 Å². The minimum absolute atomic E-state index is 0.0319. The van der Waals surface area contributed by atoms with Gasteiger partial charge in [-0.25, -0.2) is 4.98 Å². The van der Waals surface area contributed by atoms with Gasteiger partial charge in [-0.2, -0.15) is 0 Å². The summed E-state index contributed by atoms with van der Waals surface area (Å²) in [6.45, 7) is 2.60. The molecule has 5 nitrogen and oxygen atoms in total. The van der Waals surface area contributed by atoms with E-state index in [1.807, 2.05) is 42.6 Å². The fraction of sp³-hybridized carbons (Fsp3) is 0.235. The number of nitrogens with one attached hydrogen (secondary N) is 1. The zero-order chi connectivity index (χ0) is 17.8. The minimum atomic E-state index is -0.139. The summed E-state index contributed by atoms with van der Waals surface area (Å²) in [5, 5.41) is 5.31. The quantitative estimate of drug-likeness (QED) is 0.459. The lowest BCUT2D eigenvalue weighted by Crippen LogP contribution is -2.23. The van der Waals surface area contributed by atoms with Gasteiger partial charge < -0.3 is 5.32 Å². The molecule has 25 heavy (non-hydrogen) atoms. The van der Waals surface area contributed by atoms with Crippen LogP contribution in [0.25, 0.3) is 10.2 Å². The van der Waals surface area contributed by atoms with Crippen molar-refractivity contribution < 1.29 is 4.79 Å². The smallest absolute Gasteiger partial charge is 0.272 e. The van der Waals surface area contributed by atoms with Crippen LogP contribution in [0.4, 0.5) is 5.69 Å². The number of anilines is 1. The Hall–Kier alpha value is -1.64. The molecule has 0 radical (unpaired) electrons. The first-order valence-electron chi connectivity index (χ1n) is 7.75. The molecule has 130 valence electrons. The largest absolute Gasteiger partial charge is 0.324 e. The number of rotatable bonds is 6. The predicted octanol–water partition coefficient (Wildman–Crippen LogP) is 4.36. The van der Waals surface area contributed by atoms with Gasteiger partial charge in [0, 0.05) is 11.0 Å². The lowest BCUT2D eigenvalue weighted by molar-refractivity contribution is -0.113. The Bertz CT molecular complexity index is 968. The van der Waals surface area contributed by atoms with E-state index < -0.39 is 0 Å². The Morgan fingerprint density at radius 1 is 1.36 bits per heavy atom. The monoisotopic (exact) mass is 437 g/mol. The number of amides is 1.